The van der Waals surface area contributed by atoms with Crippen molar-refractivity contribution in [2.45, 2.75) is 19.3 Å². The van der Waals surface area contributed by atoms with Gasteiger partial charge in [-0.1, -0.05) is 42.5 Å². The van der Waals surface area contributed by atoms with Crippen molar-refractivity contribution in [3.63, 3.8) is 0 Å². The minimum Gasteiger partial charge on any atom is -0.351 e. The van der Waals surface area contributed by atoms with E-state index >= 15 is 0 Å². The van der Waals surface area contributed by atoms with Crippen molar-refractivity contribution in [2.75, 3.05) is 31.1 Å². The number of hydrogen-bond donors (Lipinski definition) is 0. The Kier molecular flexibility index (Phi) is 5.68. The van der Waals surface area contributed by atoms with E-state index in [9.17, 15) is 9.18 Å². The summed E-state index contributed by atoms with van der Waals surface area (Å²) in [5, 5.41) is 8.51. The molecule has 1 saturated heterocycles. The van der Waals surface area contributed by atoms with Crippen LogP contribution in [0.3, 0.4) is 0 Å². The van der Waals surface area contributed by atoms with Crippen LogP contribution in [0.5, 0.6) is 0 Å². The molecule has 8 nitrogen and oxygen atoms in total. The van der Waals surface area contributed by atoms with Crippen LogP contribution in [0.25, 0.3) is 16.9 Å². The van der Waals surface area contributed by atoms with Gasteiger partial charge in [0.25, 0.3) is 0 Å². The Morgan fingerprint density at radius 2 is 1.73 bits per heavy atom. The first-order valence-electron chi connectivity index (χ1n) is 11.1. The summed E-state index contributed by atoms with van der Waals surface area (Å²) in [5.41, 5.74) is 2.87. The lowest BCUT2D eigenvalue weighted by Crippen LogP contribution is -2.50. The Bertz CT molecular complexity index is 1250. The fourth-order valence-corrected chi connectivity index (χ4v) is 4.32. The fraction of sp³-hybridized carbons (Fsp3) is 0.292. The average Bonchev–Trinajstić information content (AvgIpc) is 3.30. The molecule has 1 amide bonds. The first kappa shape index (κ1) is 21.0. The van der Waals surface area contributed by atoms with Crippen LogP contribution in [0.4, 0.5) is 10.2 Å². The van der Waals surface area contributed by atoms with Gasteiger partial charge in [-0.25, -0.2) is 14.4 Å². The zero-order valence-electron chi connectivity index (χ0n) is 18.3. The first-order valence-corrected chi connectivity index (χ1v) is 11.1. The number of rotatable bonds is 5. The van der Waals surface area contributed by atoms with Crippen LogP contribution >= 0.6 is 0 Å². The molecule has 1 atom stereocenters. The maximum Gasteiger partial charge on any atom is 0.230 e. The van der Waals surface area contributed by atoms with Crippen LogP contribution in [0.15, 0.2) is 60.9 Å². The summed E-state index contributed by atoms with van der Waals surface area (Å²) in [6, 6.07) is 16.0. The molecule has 4 aromatic rings. The maximum absolute atomic E-state index is 13.3. The standard InChI is InChI=1S/C24H24FN7O/c1-2-20(17-6-4-3-5-7-17)24(33)31-14-12-30(13-15-31)22-21-23(27-16-26-22)32(29-28-21)19-10-8-18(25)9-11-19/h3-11,16,20H,2,12-15H2,1H3/t20-/m1/s1. The molecule has 0 unspecified atom stereocenters. The first-order chi connectivity index (χ1) is 16.2. The molecule has 9 heteroatoms. The van der Waals surface area contributed by atoms with E-state index in [1.165, 1.54) is 18.5 Å². The SMILES string of the molecule is CC[C@@H](C(=O)N1CCN(c2ncnc3c2nnn3-c2ccc(F)cc2)CC1)c1ccccc1. The lowest BCUT2D eigenvalue weighted by molar-refractivity contribution is -0.133. The van der Waals surface area contributed by atoms with Gasteiger partial charge in [0.15, 0.2) is 17.0 Å². The lowest BCUT2D eigenvalue weighted by Gasteiger charge is -2.37. The van der Waals surface area contributed by atoms with Gasteiger partial charge >= 0.3 is 0 Å². The molecule has 0 N–H and O–H groups in total. The van der Waals surface area contributed by atoms with E-state index in [4.69, 9.17) is 0 Å². The van der Waals surface area contributed by atoms with Crippen LogP contribution in [0.2, 0.25) is 0 Å². The molecule has 168 valence electrons. The van der Waals surface area contributed by atoms with Crippen LogP contribution in [0.1, 0.15) is 24.8 Å². The van der Waals surface area contributed by atoms with Crippen molar-refractivity contribution in [1.82, 2.24) is 29.9 Å². The number of carbonyl (C=O) groups is 1. The van der Waals surface area contributed by atoms with Gasteiger partial charge in [0.1, 0.15) is 12.1 Å². The Hall–Kier alpha value is -3.88. The topological polar surface area (TPSA) is 80.0 Å². The number of anilines is 1. The van der Waals surface area contributed by atoms with Gasteiger partial charge in [-0.3, -0.25) is 4.79 Å². The second-order valence-corrected chi connectivity index (χ2v) is 8.03. The van der Waals surface area contributed by atoms with Crippen molar-refractivity contribution in [2.24, 2.45) is 0 Å². The zero-order valence-corrected chi connectivity index (χ0v) is 18.3. The third kappa shape index (κ3) is 4.02. The second kappa shape index (κ2) is 8.93. The minimum absolute atomic E-state index is 0.126. The van der Waals surface area contributed by atoms with Gasteiger partial charge in [-0.05, 0) is 36.2 Å². The molecule has 5 rings (SSSR count). The molecule has 1 aliphatic rings. The third-order valence-electron chi connectivity index (χ3n) is 6.09. The number of carbonyl (C=O) groups excluding carboxylic acids is 1. The lowest BCUT2D eigenvalue weighted by atomic mass is 9.95. The molecular weight excluding hydrogens is 421 g/mol. The van der Waals surface area contributed by atoms with E-state index in [0.717, 1.165) is 12.0 Å². The van der Waals surface area contributed by atoms with Crippen LogP contribution in [-0.4, -0.2) is 61.9 Å². The van der Waals surface area contributed by atoms with Gasteiger partial charge < -0.3 is 9.80 Å². The smallest absolute Gasteiger partial charge is 0.230 e. The Morgan fingerprint density at radius 1 is 1.00 bits per heavy atom. The maximum atomic E-state index is 13.3. The molecule has 2 aromatic heterocycles. The predicted octanol–water partition coefficient (Wildman–Crippen LogP) is 3.19. The fourth-order valence-electron chi connectivity index (χ4n) is 4.32. The molecule has 0 saturated carbocycles. The van der Waals surface area contributed by atoms with Crippen molar-refractivity contribution >= 4 is 22.9 Å². The van der Waals surface area contributed by atoms with E-state index in [0.29, 0.717) is 48.8 Å². The average molecular weight is 446 g/mol. The van der Waals surface area contributed by atoms with Crippen LogP contribution < -0.4 is 4.90 Å². The molecule has 0 radical (unpaired) electrons. The van der Waals surface area contributed by atoms with Crippen molar-refractivity contribution in [3.05, 3.63) is 72.3 Å². The largest absolute Gasteiger partial charge is 0.351 e. The molecule has 2 aromatic carbocycles. The van der Waals surface area contributed by atoms with Gasteiger partial charge in [-0.15, -0.1) is 5.10 Å². The summed E-state index contributed by atoms with van der Waals surface area (Å²) in [6.07, 6.45) is 2.25. The van der Waals surface area contributed by atoms with Crippen molar-refractivity contribution < 1.29 is 9.18 Å². The van der Waals surface area contributed by atoms with E-state index in [2.05, 4.69) is 25.2 Å². The summed E-state index contributed by atoms with van der Waals surface area (Å²) in [7, 11) is 0. The monoisotopic (exact) mass is 445 g/mol. The number of halogens is 1. The molecule has 1 aliphatic heterocycles. The van der Waals surface area contributed by atoms with Crippen LogP contribution in [-0.2, 0) is 4.79 Å². The minimum atomic E-state index is -0.316. The highest BCUT2D eigenvalue weighted by Gasteiger charge is 2.29. The summed E-state index contributed by atoms with van der Waals surface area (Å²) in [5.74, 6) is 0.414. The quantitative estimate of drug-likeness (QED) is 0.469. The van der Waals surface area contributed by atoms with Gasteiger partial charge in [0.05, 0.1) is 11.6 Å². The number of benzene rings is 2. The number of aromatic nitrogens is 5. The number of fused-ring (bicyclic) bond motifs is 1. The molecule has 3 heterocycles. The summed E-state index contributed by atoms with van der Waals surface area (Å²) >= 11 is 0. The molecule has 0 spiro atoms. The number of nitrogens with zero attached hydrogens (tertiary/aromatic N) is 7. The Morgan fingerprint density at radius 3 is 2.42 bits per heavy atom. The van der Waals surface area contributed by atoms with Gasteiger partial charge in [-0.2, -0.15) is 4.68 Å². The number of hydrogen-bond acceptors (Lipinski definition) is 6. The van der Waals surface area contributed by atoms with Gasteiger partial charge in [0.2, 0.25) is 5.91 Å². The van der Waals surface area contributed by atoms with E-state index in [-0.39, 0.29) is 17.6 Å². The van der Waals surface area contributed by atoms with Crippen molar-refractivity contribution in [1.29, 1.82) is 0 Å². The summed E-state index contributed by atoms with van der Waals surface area (Å²) < 4.78 is 14.9. The zero-order chi connectivity index (χ0) is 22.8. The molecule has 1 fully saturated rings. The molecule has 0 bridgehead atoms. The highest BCUT2D eigenvalue weighted by molar-refractivity contribution is 5.85. The number of amides is 1. The third-order valence-corrected chi connectivity index (χ3v) is 6.09. The molecule has 33 heavy (non-hydrogen) atoms. The van der Waals surface area contributed by atoms with Gasteiger partial charge in [0, 0.05) is 26.2 Å². The van der Waals surface area contributed by atoms with Crippen molar-refractivity contribution in [3.8, 4) is 5.69 Å². The van der Waals surface area contributed by atoms with E-state index in [1.54, 1.807) is 16.8 Å². The highest BCUT2D eigenvalue weighted by atomic mass is 19.1. The summed E-state index contributed by atoms with van der Waals surface area (Å²) in [4.78, 5) is 26.1. The highest BCUT2D eigenvalue weighted by Crippen LogP contribution is 2.26. The van der Waals surface area contributed by atoms with E-state index in [1.807, 2.05) is 42.2 Å². The van der Waals surface area contributed by atoms with Crippen LogP contribution in [0, 0.1) is 5.82 Å². The molecular formula is C24H24FN7O. The Labute approximate surface area is 190 Å². The number of piperazine rings is 1. The summed E-state index contributed by atoms with van der Waals surface area (Å²) in [6.45, 7) is 4.56. The normalized spacial score (nSPS) is 15.1. The van der Waals surface area contributed by atoms with E-state index < -0.39 is 0 Å². The Balaban J connectivity index is 1.33. The predicted molar refractivity (Wildman–Crippen MR) is 123 cm³/mol. The second-order valence-electron chi connectivity index (χ2n) is 8.03. The molecule has 0 aliphatic carbocycles.